The second-order valence-electron chi connectivity index (χ2n) is 13.2. The average Bonchev–Trinajstić information content (AvgIpc) is 3.21. The highest BCUT2D eigenvalue weighted by Crippen LogP contribution is 2.32. The normalized spacial score (nSPS) is 12.6. The van der Waals surface area contributed by atoms with Crippen molar-refractivity contribution < 1.29 is 38.7 Å². The third-order valence-electron chi connectivity index (χ3n) is 9.45. The number of benzene rings is 8. The number of aliphatic hydroxyl groups is 2. The number of esters is 2. The summed E-state index contributed by atoms with van der Waals surface area (Å²) >= 11 is 0. The van der Waals surface area contributed by atoms with Gasteiger partial charge in [0.2, 0.25) is 0 Å². The van der Waals surface area contributed by atoms with Crippen LogP contribution >= 0.6 is 0 Å². The largest absolute Gasteiger partial charge is 0.491 e. The van der Waals surface area contributed by atoms with E-state index in [1.54, 1.807) is 12.1 Å². The van der Waals surface area contributed by atoms with E-state index in [4.69, 9.17) is 18.9 Å². The van der Waals surface area contributed by atoms with E-state index in [0.717, 1.165) is 53.9 Å². The van der Waals surface area contributed by atoms with Crippen molar-refractivity contribution in [2.75, 3.05) is 26.4 Å². The van der Waals surface area contributed by atoms with Gasteiger partial charge in [0.25, 0.3) is 0 Å². The molecule has 2 N–H and O–H groups in total. The van der Waals surface area contributed by atoms with E-state index in [1.165, 1.54) is 0 Å². The highest BCUT2D eigenvalue weighted by atomic mass is 16.6. The Morgan fingerprint density at radius 1 is 0.426 bits per heavy atom. The minimum Gasteiger partial charge on any atom is -0.491 e. The molecule has 0 radical (unpaired) electrons. The van der Waals surface area contributed by atoms with Crippen molar-refractivity contribution in [3.63, 3.8) is 0 Å². The lowest BCUT2D eigenvalue weighted by atomic mass is 9.97. The minimum atomic E-state index is -1.07. The first-order chi connectivity index (χ1) is 26.4. The SMILES string of the molecule is O=C(OCC(O)COc1ccc2c(OCC(O)COC(=O)c3c4ccccc4cc4ccccc34)cccc2c1)c1c2ccccc2cc2ccccc12. The van der Waals surface area contributed by atoms with Gasteiger partial charge in [0.1, 0.15) is 50.1 Å². The van der Waals surface area contributed by atoms with Crippen molar-refractivity contribution in [3.8, 4) is 11.5 Å². The molecule has 8 heteroatoms. The van der Waals surface area contributed by atoms with Gasteiger partial charge in [0.15, 0.2) is 0 Å². The number of hydrogen-bond donors (Lipinski definition) is 2. The Labute approximate surface area is 310 Å². The van der Waals surface area contributed by atoms with Gasteiger partial charge in [-0.3, -0.25) is 0 Å². The summed E-state index contributed by atoms with van der Waals surface area (Å²) in [6.07, 6.45) is -2.13. The number of carbonyl (C=O) groups is 2. The van der Waals surface area contributed by atoms with E-state index in [0.29, 0.717) is 22.6 Å². The molecule has 0 saturated heterocycles. The van der Waals surface area contributed by atoms with Crippen molar-refractivity contribution in [1.29, 1.82) is 0 Å². The molecule has 0 fully saturated rings. The quantitative estimate of drug-likeness (QED) is 0.0955. The van der Waals surface area contributed by atoms with Crippen molar-refractivity contribution in [2.45, 2.75) is 12.2 Å². The second-order valence-corrected chi connectivity index (χ2v) is 13.2. The van der Waals surface area contributed by atoms with Crippen LogP contribution in [0.3, 0.4) is 0 Å². The van der Waals surface area contributed by atoms with Crippen LogP contribution in [0.5, 0.6) is 11.5 Å². The van der Waals surface area contributed by atoms with Crippen molar-refractivity contribution in [1.82, 2.24) is 0 Å². The monoisotopic (exact) mass is 716 g/mol. The Morgan fingerprint density at radius 3 is 1.31 bits per heavy atom. The van der Waals surface area contributed by atoms with Crippen LogP contribution in [0, 0.1) is 0 Å². The van der Waals surface area contributed by atoms with Crippen LogP contribution in [0.25, 0.3) is 53.9 Å². The molecule has 8 aromatic carbocycles. The maximum absolute atomic E-state index is 13.3. The molecule has 0 saturated carbocycles. The van der Waals surface area contributed by atoms with Gasteiger partial charge in [-0.25, -0.2) is 9.59 Å². The lowest BCUT2D eigenvalue weighted by Gasteiger charge is -2.16. The van der Waals surface area contributed by atoms with Gasteiger partial charge in [0, 0.05) is 5.39 Å². The van der Waals surface area contributed by atoms with Crippen LogP contribution in [0.4, 0.5) is 0 Å². The molecule has 8 nitrogen and oxygen atoms in total. The first-order valence-corrected chi connectivity index (χ1v) is 17.7. The summed E-state index contributed by atoms with van der Waals surface area (Å²) in [6, 6.07) is 45.6. The van der Waals surface area contributed by atoms with Crippen LogP contribution in [-0.4, -0.2) is 60.8 Å². The molecular weight excluding hydrogens is 680 g/mol. The second kappa shape index (κ2) is 15.2. The topological polar surface area (TPSA) is 112 Å². The standard InChI is InChI=1S/C46H36O8/c47-34(27-53-45(49)43-38-15-5-1-10-29(38)22-30-11-2-6-16-39(30)43)25-51-36-20-21-37-33(24-36)14-9-19-42(37)52-26-35(48)28-54-46(50)44-40-17-7-3-12-31(40)23-32-13-4-8-18-41(32)44/h1-24,34-35,47-48H,25-28H2. The van der Waals surface area contributed by atoms with Crippen LogP contribution in [0.2, 0.25) is 0 Å². The zero-order valence-electron chi connectivity index (χ0n) is 29.2. The highest BCUT2D eigenvalue weighted by molar-refractivity contribution is 6.17. The van der Waals surface area contributed by atoms with Gasteiger partial charge in [-0.05, 0) is 84.9 Å². The molecule has 0 spiro atoms. The highest BCUT2D eigenvalue weighted by Gasteiger charge is 2.20. The molecule has 0 aromatic heterocycles. The van der Waals surface area contributed by atoms with Crippen molar-refractivity contribution in [3.05, 3.63) is 157 Å². The molecule has 0 amide bonds. The number of fused-ring (bicyclic) bond motifs is 5. The summed E-state index contributed by atoms with van der Waals surface area (Å²) in [5.41, 5.74) is 0.930. The number of hydrogen-bond acceptors (Lipinski definition) is 8. The summed E-state index contributed by atoms with van der Waals surface area (Å²) in [5.74, 6) is 0.0267. The first-order valence-electron chi connectivity index (χ1n) is 17.7. The lowest BCUT2D eigenvalue weighted by Crippen LogP contribution is -2.25. The van der Waals surface area contributed by atoms with Gasteiger partial charge in [0.05, 0.1) is 11.1 Å². The van der Waals surface area contributed by atoms with E-state index in [9.17, 15) is 19.8 Å². The Morgan fingerprint density at radius 2 is 0.833 bits per heavy atom. The van der Waals surface area contributed by atoms with Gasteiger partial charge < -0.3 is 29.2 Å². The van der Waals surface area contributed by atoms with Crippen molar-refractivity contribution in [2.24, 2.45) is 0 Å². The van der Waals surface area contributed by atoms with Crippen LogP contribution in [0.15, 0.2) is 146 Å². The molecule has 0 aliphatic heterocycles. The van der Waals surface area contributed by atoms with E-state index in [2.05, 4.69) is 0 Å². The maximum atomic E-state index is 13.3. The summed E-state index contributed by atoms with van der Waals surface area (Å²) in [7, 11) is 0. The summed E-state index contributed by atoms with van der Waals surface area (Å²) in [5, 5.41) is 29.9. The predicted octanol–water partition coefficient (Wildman–Crippen LogP) is 8.65. The van der Waals surface area contributed by atoms with Gasteiger partial charge in [-0.2, -0.15) is 0 Å². The van der Waals surface area contributed by atoms with Crippen LogP contribution in [-0.2, 0) is 9.47 Å². The van der Waals surface area contributed by atoms with E-state index < -0.39 is 24.1 Å². The Hall–Kier alpha value is -6.48. The number of ether oxygens (including phenoxy) is 4. The Kier molecular flexibility index (Phi) is 9.77. The van der Waals surface area contributed by atoms with Crippen molar-refractivity contribution >= 4 is 65.8 Å². The molecule has 0 aliphatic rings. The maximum Gasteiger partial charge on any atom is 0.339 e. The molecule has 0 aliphatic carbocycles. The lowest BCUT2D eigenvalue weighted by molar-refractivity contribution is 0.0132. The zero-order chi connectivity index (χ0) is 37.0. The molecule has 2 atom stereocenters. The molecular formula is C46H36O8. The molecule has 2 unspecified atom stereocenters. The Balaban J connectivity index is 0.863. The summed E-state index contributed by atoms with van der Waals surface area (Å²) in [4.78, 5) is 26.7. The third-order valence-corrected chi connectivity index (χ3v) is 9.45. The number of carbonyl (C=O) groups excluding carboxylic acids is 2. The predicted molar refractivity (Wildman–Crippen MR) is 210 cm³/mol. The van der Waals surface area contributed by atoms with Crippen LogP contribution in [0.1, 0.15) is 20.7 Å². The smallest absolute Gasteiger partial charge is 0.339 e. The minimum absolute atomic E-state index is 0.0925. The molecule has 0 bridgehead atoms. The first kappa shape index (κ1) is 34.6. The Bertz CT molecular complexity index is 2560. The molecule has 268 valence electrons. The molecule has 8 aromatic rings. The molecule has 8 rings (SSSR count). The fourth-order valence-electron chi connectivity index (χ4n) is 6.88. The third kappa shape index (κ3) is 7.13. The van der Waals surface area contributed by atoms with E-state index in [-0.39, 0.29) is 26.4 Å². The fourth-order valence-corrected chi connectivity index (χ4v) is 6.88. The fraction of sp³-hybridized carbons (Fsp3) is 0.130. The van der Waals surface area contributed by atoms with E-state index >= 15 is 0 Å². The van der Waals surface area contributed by atoms with Gasteiger partial charge in [-0.15, -0.1) is 0 Å². The van der Waals surface area contributed by atoms with Gasteiger partial charge >= 0.3 is 11.9 Å². The van der Waals surface area contributed by atoms with E-state index in [1.807, 2.05) is 133 Å². The number of aliphatic hydroxyl groups excluding tert-OH is 2. The number of rotatable bonds is 12. The summed E-state index contributed by atoms with van der Waals surface area (Å²) < 4.78 is 23.0. The molecule has 54 heavy (non-hydrogen) atoms. The zero-order valence-corrected chi connectivity index (χ0v) is 29.2. The summed E-state index contributed by atoms with van der Waals surface area (Å²) in [6.45, 7) is -0.668. The average molecular weight is 717 g/mol. The molecule has 0 heterocycles. The van der Waals surface area contributed by atoms with Crippen LogP contribution < -0.4 is 9.47 Å². The van der Waals surface area contributed by atoms with Gasteiger partial charge in [-0.1, -0.05) is 109 Å².